The van der Waals surface area contributed by atoms with E-state index in [2.05, 4.69) is 27.7 Å². The van der Waals surface area contributed by atoms with Gasteiger partial charge < -0.3 is 25.3 Å². The highest BCUT2D eigenvalue weighted by Crippen LogP contribution is 2.16. The predicted octanol–water partition coefficient (Wildman–Crippen LogP) is 3.16. The fourth-order valence-electron chi connectivity index (χ4n) is 2.70. The van der Waals surface area contributed by atoms with Crippen LogP contribution in [0.2, 0.25) is 0 Å². The lowest BCUT2D eigenvalue weighted by Crippen LogP contribution is -2.50. The van der Waals surface area contributed by atoms with Gasteiger partial charge in [0.15, 0.2) is 0 Å². The highest BCUT2D eigenvalue weighted by atomic mass is 16.3. The Labute approximate surface area is 150 Å². The molecule has 0 bridgehead atoms. The largest absolute Gasteiger partial charge is 0.870 e. The summed E-state index contributed by atoms with van der Waals surface area (Å²) in [5.41, 5.74) is 0. The lowest BCUT2D eigenvalue weighted by molar-refractivity contribution is -0.929. The molecular formula is C19H45NO4. The number of rotatable bonds is 14. The summed E-state index contributed by atoms with van der Waals surface area (Å²) in [5.74, 6) is 0. The molecule has 24 heavy (non-hydrogen) atoms. The van der Waals surface area contributed by atoms with Crippen molar-refractivity contribution in [2.75, 3.05) is 39.4 Å². The minimum Gasteiger partial charge on any atom is -0.870 e. The van der Waals surface area contributed by atoms with E-state index in [1.54, 1.807) is 0 Å². The number of nitrogens with zero attached hydrogens (tertiary/aromatic N) is 1. The van der Waals surface area contributed by atoms with E-state index in [1.807, 2.05) is 0 Å². The smallest absolute Gasteiger partial charge is 0.100 e. The van der Waals surface area contributed by atoms with E-state index in [0.29, 0.717) is 0 Å². The minimum atomic E-state index is -0.954. The Morgan fingerprint density at radius 2 is 0.875 bits per heavy atom. The van der Waals surface area contributed by atoms with Gasteiger partial charge >= 0.3 is 0 Å². The van der Waals surface area contributed by atoms with Gasteiger partial charge in [-0.25, -0.2) is 0 Å². The molecule has 150 valence electrons. The Morgan fingerprint density at radius 1 is 0.625 bits per heavy atom. The number of quaternary nitrogens is 1. The van der Waals surface area contributed by atoms with Crippen LogP contribution in [0.3, 0.4) is 0 Å². The van der Waals surface area contributed by atoms with E-state index in [0.717, 1.165) is 0 Å². The first-order valence-electron chi connectivity index (χ1n) is 9.80. The first-order chi connectivity index (χ1) is 11.1. The van der Waals surface area contributed by atoms with E-state index in [4.69, 9.17) is 15.3 Å². The predicted molar refractivity (Wildman–Crippen MR) is 101 cm³/mol. The number of aliphatic hydroxyl groups excluding tert-OH is 3. The van der Waals surface area contributed by atoms with Crippen molar-refractivity contribution in [3.05, 3.63) is 0 Å². The van der Waals surface area contributed by atoms with Gasteiger partial charge in [0.05, 0.1) is 39.4 Å². The molecule has 0 unspecified atom stereocenters. The molecule has 0 aromatic carbocycles. The molecule has 0 heterocycles. The summed E-state index contributed by atoms with van der Waals surface area (Å²) in [5, 5.41) is 24.0. The van der Waals surface area contributed by atoms with Gasteiger partial charge in [0.1, 0.15) is 6.10 Å². The average molecular weight is 352 g/mol. The van der Waals surface area contributed by atoms with Crippen LogP contribution in [0.25, 0.3) is 0 Å². The SMILES string of the molecule is CCCC[N+](CCCC)(CCCC)CCCC.OCC(O)CO.[OH-]. The quantitative estimate of drug-likeness (QED) is 0.419. The van der Waals surface area contributed by atoms with Gasteiger partial charge in [-0.05, 0) is 25.7 Å². The topological polar surface area (TPSA) is 90.7 Å². The Hall–Kier alpha value is -0.200. The summed E-state index contributed by atoms with van der Waals surface area (Å²) >= 11 is 0. The summed E-state index contributed by atoms with van der Waals surface area (Å²) in [6.07, 6.45) is 10.1. The van der Waals surface area contributed by atoms with Crippen LogP contribution in [-0.4, -0.2) is 70.8 Å². The molecule has 0 aromatic rings. The number of aliphatic hydroxyl groups is 3. The maximum absolute atomic E-state index is 8.17. The Balaban J connectivity index is -0.000000538. The lowest BCUT2D eigenvalue weighted by atomic mass is 10.1. The fraction of sp³-hybridized carbons (Fsp3) is 1.00. The van der Waals surface area contributed by atoms with Gasteiger partial charge in [-0.2, -0.15) is 0 Å². The first-order valence-corrected chi connectivity index (χ1v) is 9.80. The molecule has 0 atom stereocenters. The molecule has 0 rings (SSSR count). The van der Waals surface area contributed by atoms with Crippen LogP contribution in [0.15, 0.2) is 0 Å². The Morgan fingerprint density at radius 3 is 1.00 bits per heavy atom. The van der Waals surface area contributed by atoms with Crippen molar-refractivity contribution in [1.82, 2.24) is 0 Å². The fourth-order valence-corrected chi connectivity index (χ4v) is 2.70. The highest BCUT2D eigenvalue weighted by molar-refractivity contribution is 4.49. The standard InChI is InChI=1S/C16H36N.C3H8O3.H2O/c1-5-9-13-17(14-10-6-2,15-11-7-3)16-12-8-4;4-1-3(6)2-5;/h5-16H2,1-4H3;3-6H,1-2H2;1H2/q+1;;/p-1. The lowest BCUT2D eigenvalue weighted by Gasteiger charge is -2.39. The monoisotopic (exact) mass is 351 g/mol. The number of hydrogen-bond donors (Lipinski definition) is 3. The van der Waals surface area contributed by atoms with Crippen LogP contribution >= 0.6 is 0 Å². The van der Waals surface area contributed by atoms with Crippen molar-refractivity contribution in [2.24, 2.45) is 0 Å². The summed E-state index contributed by atoms with van der Waals surface area (Å²) in [7, 11) is 0. The van der Waals surface area contributed by atoms with Gasteiger partial charge in [0.2, 0.25) is 0 Å². The maximum Gasteiger partial charge on any atom is 0.100 e. The van der Waals surface area contributed by atoms with Crippen LogP contribution in [0.5, 0.6) is 0 Å². The Bertz CT molecular complexity index is 186. The highest BCUT2D eigenvalue weighted by Gasteiger charge is 2.24. The zero-order valence-electron chi connectivity index (χ0n) is 16.7. The molecule has 5 heteroatoms. The molecule has 0 aliphatic rings. The molecule has 0 spiro atoms. The minimum absolute atomic E-state index is 0. The molecule has 0 saturated heterocycles. The van der Waals surface area contributed by atoms with Crippen LogP contribution in [-0.2, 0) is 0 Å². The second-order valence-electron chi connectivity index (χ2n) is 6.67. The summed E-state index contributed by atoms with van der Waals surface area (Å²) in [6, 6.07) is 0. The third-order valence-electron chi connectivity index (χ3n) is 4.37. The Kier molecular flexibility index (Phi) is 24.8. The molecule has 4 N–H and O–H groups in total. The van der Waals surface area contributed by atoms with Crippen molar-refractivity contribution in [3.8, 4) is 0 Å². The molecule has 5 nitrogen and oxygen atoms in total. The van der Waals surface area contributed by atoms with E-state index in [9.17, 15) is 0 Å². The van der Waals surface area contributed by atoms with Gasteiger partial charge in [-0.3, -0.25) is 0 Å². The summed E-state index contributed by atoms with van der Waals surface area (Å²) in [4.78, 5) is 0. The summed E-state index contributed by atoms with van der Waals surface area (Å²) < 4.78 is 1.42. The van der Waals surface area contributed by atoms with Crippen LogP contribution in [0, 0.1) is 0 Å². The van der Waals surface area contributed by atoms with E-state index in [1.165, 1.54) is 82.0 Å². The second kappa shape index (κ2) is 20.8. The molecule has 0 amide bonds. The molecule has 0 aromatic heterocycles. The maximum atomic E-state index is 8.17. The zero-order chi connectivity index (χ0) is 18.0. The van der Waals surface area contributed by atoms with Crippen molar-refractivity contribution >= 4 is 0 Å². The molecule has 0 fully saturated rings. The first kappa shape index (κ1) is 28.6. The summed E-state index contributed by atoms with van der Waals surface area (Å²) in [6.45, 7) is 14.3. The molecular weight excluding hydrogens is 306 g/mol. The van der Waals surface area contributed by atoms with Gasteiger partial charge in [-0.15, -0.1) is 0 Å². The molecule has 0 aliphatic heterocycles. The molecule has 0 radical (unpaired) electrons. The molecule has 0 saturated carbocycles. The van der Waals surface area contributed by atoms with E-state index < -0.39 is 6.10 Å². The van der Waals surface area contributed by atoms with Gasteiger partial charge in [0.25, 0.3) is 0 Å². The van der Waals surface area contributed by atoms with Crippen molar-refractivity contribution in [1.29, 1.82) is 0 Å². The average Bonchev–Trinajstić information content (AvgIpc) is 2.60. The van der Waals surface area contributed by atoms with Crippen molar-refractivity contribution in [2.45, 2.75) is 85.2 Å². The second-order valence-corrected chi connectivity index (χ2v) is 6.67. The van der Waals surface area contributed by atoms with E-state index >= 15 is 0 Å². The third kappa shape index (κ3) is 16.7. The third-order valence-corrected chi connectivity index (χ3v) is 4.37. The van der Waals surface area contributed by atoms with Crippen molar-refractivity contribution in [3.63, 3.8) is 0 Å². The van der Waals surface area contributed by atoms with Gasteiger partial charge in [-0.1, -0.05) is 53.4 Å². The number of hydrogen-bond acceptors (Lipinski definition) is 4. The normalized spacial score (nSPS) is 11.0. The van der Waals surface area contributed by atoms with Crippen LogP contribution < -0.4 is 0 Å². The van der Waals surface area contributed by atoms with Gasteiger partial charge in [0, 0.05) is 0 Å². The zero-order valence-corrected chi connectivity index (χ0v) is 16.7. The number of unbranched alkanes of at least 4 members (excludes halogenated alkanes) is 4. The van der Waals surface area contributed by atoms with Crippen LogP contribution in [0.4, 0.5) is 0 Å². The van der Waals surface area contributed by atoms with E-state index in [-0.39, 0.29) is 18.7 Å². The molecule has 0 aliphatic carbocycles. The van der Waals surface area contributed by atoms with Crippen molar-refractivity contribution < 1.29 is 25.3 Å². The van der Waals surface area contributed by atoms with Crippen LogP contribution in [0.1, 0.15) is 79.1 Å².